The molecule has 1 aromatic carbocycles. The third-order valence-electron chi connectivity index (χ3n) is 1.66. The predicted molar refractivity (Wildman–Crippen MR) is 53.9 cm³/mol. The van der Waals surface area contributed by atoms with Crippen LogP contribution in [0.5, 0.6) is 11.5 Å². The van der Waals surface area contributed by atoms with Crippen LogP contribution in [-0.2, 0) is 4.79 Å². The second kappa shape index (κ2) is 4.86. The van der Waals surface area contributed by atoms with Crippen LogP contribution in [0.4, 0.5) is 0 Å². The van der Waals surface area contributed by atoms with Crippen molar-refractivity contribution in [3.8, 4) is 11.5 Å². The van der Waals surface area contributed by atoms with Gasteiger partial charge in [0.2, 0.25) is 0 Å². The van der Waals surface area contributed by atoms with Gasteiger partial charge in [0, 0.05) is 6.42 Å². The van der Waals surface area contributed by atoms with Gasteiger partial charge in [-0.3, -0.25) is 4.79 Å². The van der Waals surface area contributed by atoms with E-state index >= 15 is 0 Å². The Kier molecular flexibility index (Phi) is 3.77. The molecule has 0 heterocycles. The summed E-state index contributed by atoms with van der Waals surface area (Å²) in [6.07, 6.45) is 0.313. The Hall–Kier alpha value is -1.22. The van der Waals surface area contributed by atoms with Crippen LogP contribution in [0.1, 0.15) is 13.3 Å². The third-order valence-corrected chi connectivity index (χ3v) is 2.03. The fourth-order valence-electron chi connectivity index (χ4n) is 0.922. The lowest BCUT2D eigenvalue weighted by molar-refractivity contribution is -0.134. The molecule has 0 radical (unpaired) electrons. The topological polar surface area (TPSA) is 35.5 Å². The van der Waals surface area contributed by atoms with Crippen LogP contribution in [0.3, 0.4) is 0 Å². The van der Waals surface area contributed by atoms with Crippen molar-refractivity contribution in [2.24, 2.45) is 0 Å². The predicted octanol–water partition coefficient (Wildman–Crippen LogP) is 2.66. The van der Waals surface area contributed by atoms with E-state index < -0.39 is 0 Å². The highest BCUT2D eigenvalue weighted by Crippen LogP contribution is 2.33. The molecule has 0 N–H and O–H groups in total. The summed E-state index contributed by atoms with van der Waals surface area (Å²) in [4.78, 5) is 11.0. The molecule has 0 saturated carbocycles. The van der Waals surface area contributed by atoms with Crippen LogP contribution in [0, 0.1) is 0 Å². The molecule has 0 amide bonds. The number of esters is 1. The number of carbonyl (C=O) groups is 1. The van der Waals surface area contributed by atoms with Gasteiger partial charge in [-0.15, -0.1) is 0 Å². The Morgan fingerprint density at radius 2 is 2.07 bits per heavy atom. The quantitative estimate of drug-likeness (QED) is 0.573. The first-order valence-electron chi connectivity index (χ1n) is 4.22. The van der Waals surface area contributed by atoms with Crippen LogP contribution in [0.15, 0.2) is 18.2 Å². The number of hydrogen-bond donors (Lipinski definition) is 0. The van der Waals surface area contributed by atoms with Gasteiger partial charge in [0.15, 0.2) is 5.75 Å². The number of halogens is 1. The highest BCUT2D eigenvalue weighted by atomic mass is 35.5. The van der Waals surface area contributed by atoms with Crippen molar-refractivity contribution >= 4 is 17.6 Å². The zero-order valence-corrected chi connectivity index (χ0v) is 8.80. The van der Waals surface area contributed by atoms with E-state index in [9.17, 15) is 4.79 Å². The zero-order chi connectivity index (χ0) is 10.6. The van der Waals surface area contributed by atoms with Gasteiger partial charge in [-0.25, -0.2) is 0 Å². The summed E-state index contributed by atoms with van der Waals surface area (Å²) >= 11 is 5.91. The van der Waals surface area contributed by atoms with Crippen molar-refractivity contribution in [2.75, 3.05) is 7.11 Å². The van der Waals surface area contributed by atoms with E-state index in [0.717, 1.165) is 0 Å². The molecule has 0 fully saturated rings. The minimum absolute atomic E-state index is 0.313. The van der Waals surface area contributed by atoms with Crippen molar-refractivity contribution in [3.63, 3.8) is 0 Å². The highest BCUT2D eigenvalue weighted by Gasteiger charge is 2.10. The first kappa shape index (κ1) is 10.9. The van der Waals surface area contributed by atoms with Gasteiger partial charge < -0.3 is 9.47 Å². The molecule has 3 nitrogen and oxygen atoms in total. The first-order chi connectivity index (χ1) is 6.69. The van der Waals surface area contributed by atoms with Crippen LogP contribution in [0.25, 0.3) is 0 Å². The summed E-state index contributed by atoms with van der Waals surface area (Å²) < 4.78 is 9.96. The van der Waals surface area contributed by atoms with Gasteiger partial charge in [-0.05, 0) is 12.1 Å². The summed E-state index contributed by atoms with van der Waals surface area (Å²) in [6.45, 7) is 1.72. The summed E-state index contributed by atoms with van der Waals surface area (Å²) in [7, 11) is 1.51. The molecular formula is C10H11ClO3. The minimum Gasteiger partial charge on any atom is -0.495 e. The van der Waals surface area contributed by atoms with Gasteiger partial charge in [0.05, 0.1) is 7.11 Å². The Labute approximate surface area is 87.6 Å². The Morgan fingerprint density at radius 3 is 2.64 bits per heavy atom. The standard InChI is InChI=1S/C10H11ClO3/c1-3-9(12)14-8-6-4-5-7(13-2)10(8)11/h4-6H,3H2,1-2H3. The monoisotopic (exact) mass is 214 g/mol. The second-order valence-corrected chi connectivity index (χ2v) is 2.98. The molecule has 1 rings (SSSR count). The van der Waals surface area contributed by atoms with E-state index in [1.165, 1.54) is 7.11 Å². The van der Waals surface area contributed by atoms with E-state index in [1.54, 1.807) is 25.1 Å². The van der Waals surface area contributed by atoms with E-state index in [0.29, 0.717) is 22.9 Å². The molecule has 0 aromatic heterocycles. The van der Waals surface area contributed by atoms with Crippen molar-refractivity contribution in [3.05, 3.63) is 23.2 Å². The molecule has 14 heavy (non-hydrogen) atoms. The van der Waals surface area contributed by atoms with Crippen molar-refractivity contribution < 1.29 is 14.3 Å². The third kappa shape index (κ3) is 2.39. The largest absolute Gasteiger partial charge is 0.495 e. The van der Waals surface area contributed by atoms with E-state index in [1.807, 2.05) is 0 Å². The maximum Gasteiger partial charge on any atom is 0.310 e. The molecule has 0 spiro atoms. The Bertz CT molecular complexity index is 336. The molecule has 0 bridgehead atoms. The van der Waals surface area contributed by atoms with Crippen molar-refractivity contribution in [2.45, 2.75) is 13.3 Å². The van der Waals surface area contributed by atoms with Gasteiger partial charge in [0.25, 0.3) is 0 Å². The molecule has 0 aliphatic carbocycles. The number of hydrogen-bond acceptors (Lipinski definition) is 3. The summed E-state index contributed by atoms with van der Waals surface area (Å²) in [6, 6.07) is 5.03. The van der Waals surface area contributed by atoms with E-state index in [-0.39, 0.29) is 5.97 Å². The fraction of sp³-hybridized carbons (Fsp3) is 0.300. The average molecular weight is 215 g/mol. The highest BCUT2D eigenvalue weighted by molar-refractivity contribution is 6.33. The van der Waals surface area contributed by atoms with Crippen LogP contribution < -0.4 is 9.47 Å². The SMILES string of the molecule is CCC(=O)Oc1cccc(OC)c1Cl. The van der Waals surface area contributed by atoms with E-state index in [2.05, 4.69) is 0 Å². The number of rotatable bonds is 3. The van der Waals surface area contributed by atoms with Gasteiger partial charge in [0.1, 0.15) is 10.8 Å². The zero-order valence-electron chi connectivity index (χ0n) is 8.04. The smallest absolute Gasteiger partial charge is 0.310 e. The normalized spacial score (nSPS) is 9.64. The van der Waals surface area contributed by atoms with E-state index in [4.69, 9.17) is 21.1 Å². The lowest BCUT2D eigenvalue weighted by Crippen LogP contribution is -2.06. The molecule has 1 aromatic rings. The Morgan fingerprint density at radius 1 is 1.43 bits per heavy atom. The molecule has 0 saturated heterocycles. The number of benzene rings is 1. The lowest BCUT2D eigenvalue weighted by atomic mass is 10.3. The first-order valence-corrected chi connectivity index (χ1v) is 4.60. The fourth-order valence-corrected chi connectivity index (χ4v) is 1.16. The van der Waals surface area contributed by atoms with Crippen molar-refractivity contribution in [1.82, 2.24) is 0 Å². The van der Waals surface area contributed by atoms with Gasteiger partial charge in [-0.1, -0.05) is 24.6 Å². The minimum atomic E-state index is -0.319. The van der Waals surface area contributed by atoms with Gasteiger partial charge in [-0.2, -0.15) is 0 Å². The maximum atomic E-state index is 11.0. The summed E-state index contributed by atoms with van der Waals surface area (Å²) in [5.41, 5.74) is 0. The van der Waals surface area contributed by atoms with Crippen LogP contribution in [0.2, 0.25) is 5.02 Å². The molecule has 0 aliphatic heterocycles. The lowest BCUT2D eigenvalue weighted by Gasteiger charge is -2.07. The van der Waals surface area contributed by atoms with Crippen molar-refractivity contribution in [1.29, 1.82) is 0 Å². The molecule has 4 heteroatoms. The molecular weight excluding hydrogens is 204 g/mol. The number of ether oxygens (including phenoxy) is 2. The molecule has 0 aliphatic rings. The second-order valence-electron chi connectivity index (χ2n) is 2.60. The Balaban J connectivity index is 2.92. The van der Waals surface area contributed by atoms with Gasteiger partial charge >= 0.3 is 5.97 Å². The molecule has 0 unspecified atom stereocenters. The molecule has 0 atom stereocenters. The average Bonchev–Trinajstić information content (AvgIpc) is 2.21. The molecule has 76 valence electrons. The number of carbonyl (C=O) groups excluding carboxylic acids is 1. The summed E-state index contributed by atoms with van der Waals surface area (Å²) in [5, 5.41) is 0.316. The summed E-state index contributed by atoms with van der Waals surface area (Å²) in [5.74, 6) is 0.506. The number of methoxy groups -OCH3 is 1. The maximum absolute atomic E-state index is 11.0. The van der Waals surface area contributed by atoms with Crippen LogP contribution in [-0.4, -0.2) is 13.1 Å². The van der Waals surface area contributed by atoms with Crippen LogP contribution >= 0.6 is 11.6 Å².